The van der Waals surface area contributed by atoms with Crippen molar-refractivity contribution in [2.75, 3.05) is 13.1 Å². The van der Waals surface area contributed by atoms with Crippen LogP contribution in [-0.4, -0.2) is 30.9 Å². The topological polar surface area (TPSA) is 84.2 Å². The predicted molar refractivity (Wildman–Crippen MR) is 74.4 cm³/mol. The van der Waals surface area contributed by atoms with E-state index < -0.39 is 6.04 Å². The van der Waals surface area contributed by atoms with Crippen molar-refractivity contribution in [3.63, 3.8) is 0 Å². The average Bonchev–Trinajstić information content (AvgIpc) is 2.43. The van der Waals surface area contributed by atoms with Gasteiger partial charge in [0.25, 0.3) is 0 Å². The van der Waals surface area contributed by atoms with Gasteiger partial charge >= 0.3 is 0 Å². The summed E-state index contributed by atoms with van der Waals surface area (Å²) in [6.07, 6.45) is 1.31. The molecule has 0 fully saturated rings. The van der Waals surface area contributed by atoms with E-state index in [1.807, 2.05) is 37.3 Å². The number of likely N-dealkylation sites (N-methyl/N-ethyl adjacent to an activating group) is 1. The van der Waals surface area contributed by atoms with Crippen LogP contribution in [0.5, 0.6) is 0 Å². The summed E-state index contributed by atoms with van der Waals surface area (Å²) in [4.78, 5) is 22.8. The Kier molecular flexibility index (Phi) is 6.60. The second-order valence-electron chi connectivity index (χ2n) is 4.30. The van der Waals surface area contributed by atoms with Crippen LogP contribution in [0, 0.1) is 0 Å². The summed E-state index contributed by atoms with van der Waals surface area (Å²) >= 11 is 0. The third kappa shape index (κ3) is 6.01. The monoisotopic (exact) mass is 263 g/mol. The van der Waals surface area contributed by atoms with Crippen molar-refractivity contribution >= 4 is 11.8 Å². The number of rotatable bonds is 7. The van der Waals surface area contributed by atoms with E-state index in [4.69, 9.17) is 5.73 Å². The summed E-state index contributed by atoms with van der Waals surface area (Å²) in [5.41, 5.74) is 6.93. The molecule has 1 aromatic carbocycles. The highest BCUT2D eigenvalue weighted by Crippen LogP contribution is 2.03. The van der Waals surface area contributed by atoms with Crippen molar-refractivity contribution in [3.8, 4) is 0 Å². The Labute approximate surface area is 113 Å². The van der Waals surface area contributed by atoms with Gasteiger partial charge < -0.3 is 16.4 Å². The minimum Gasteiger partial charge on any atom is -0.355 e. The van der Waals surface area contributed by atoms with E-state index in [1.165, 1.54) is 0 Å². The molecule has 1 rings (SSSR count). The lowest BCUT2D eigenvalue weighted by Crippen LogP contribution is -2.45. The molecule has 0 spiro atoms. The average molecular weight is 263 g/mol. The first kappa shape index (κ1) is 15.2. The minimum absolute atomic E-state index is 0.0221. The normalized spacial score (nSPS) is 11.7. The van der Waals surface area contributed by atoms with E-state index in [0.29, 0.717) is 13.0 Å². The molecule has 0 aliphatic heterocycles. The lowest BCUT2D eigenvalue weighted by Gasteiger charge is -2.12. The van der Waals surface area contributed by atoms with Crippen LogP contribution in [0.3, 0.4) is 0 Å². The van der Waals surface area contributed by atoms with E-state index in [0.717, 1.165) is 12.0 Å². The lowest BCUT2D eigenvalue weighted by molar-refractivity contribution is -0.126. The maximum Gasteiger partial charge on any atom is 0.239 e. The SMILES string of the molecule is CCNC(=O)CNC(=O)[C@@H](N)CCc1ccccc1. The number of hydrogen-bond donors (Lipinski definition) is 3. The molecule has 4 N–H and O–H groups in total. The summed E-state index contributed by atoms with van der Waals surface area (Å²) in [6, 6.07) is 9.27. The van der Waals surface area contributed by atoms with Crippen molar-refractivity contribution in [2.24, 2.45) is 5.73 Å². The van der Waals surface area contributed by atoms with Crippen molar-refractivity contribution in [1.29, 1.82) is 0 Å². The molecule has 0 unspecified atom stereocenters. The fourth-order valence-electron chi connectivity index (χ4n) is 1.66. The Morgan fingerprint density at radius 3 is 2.53 bits per heavy atom. The first-order valence-corrected chi connectivity index (χ1v) is 6.47. The molecule has 0 saturated heterocycles. The van der Waals surface area contributed by atoms with Gasteiger partial charge in [-0.2, -0.15) is 0 Å². The highest BCUT2D eigenvalue weighted by Gasteiger charge is 2.13. The van der Waals surface area contributed by atoms with Crippen LogP contribution in [0.2, 0.25) is 0 Å². The van der Waals surface area contributed by atoms with Crippen LogP contribution in [0.15, 0.2) is 30.3 Å². The Bertz CT molecular complexity index is 406. The molecular formula is C14H21N3O2. The number of carbonyl (C=O) groups is 2. The highest BCUT2D eigenvalue weighted by molar-refractivity contribution is 5.87. The highest BCUT2D eigenvalue weighted by atomic mass is 16.2. The Morgan fingerprint density at radius 2 is 1.89 bits per heavy atom. The standard InChI is InChI=1S/C14H21N3O2/c1-2-16-13(18)10-17-14(19)12(15)9-8-11-6-4-3-5-7-11/h3-7,12H,2,8-10,15H2,1H3,(H,16,18)(H,17,19)/t12-/m0/s1. The zero-order chi connectivity index (χ0) is 14.1. The largest absolute Gasteiger partial charge is 0.355 e. The van der Waals surface area contributed by atoms with Crippen LogP contribution in [0.1, 0.15) is 18.9 Å². The lowest BCUT2D eigenvalue weighted by atomic mass is 10.1. The molecule has 1 atom stereocenters. The van der Waals surface area contributed by atoms with Gasteiger partial charge in [-0.1, -0.05) is 30.3 Å². The number of carbonyl (C=O) groups excluding carboxylic acids is 2. The van der Waals surface area contributed by atoms with Gasteiger partial charge in [-0.25, -0.2) is 0 Å². The number of amides is 2. The van der Waals surface area contributed by atoms with E-state index in [1.54, 1.807) is 0 Å². The summed E-state index contributed by atoms with van der Waals surface area (Å²) < 4.78 is 0. The molecule has 5 nitrogen and oxygen atoms in total. The van der Waals surface area contributed by atoms with Crippen LogP contribution in [0.25, 0.3) is 0 Å². The van der Waals surface area contributed by atoms with Crippen molar-refractivity contribution in [2.45, 2.75) is 25.8 Å². The van der Waals surface area contributed by atoms with Gasteiger partial charge in [-0.05, 0) is 25.3 Å². The molecule has 0 heterocycles. The second-order valence-corrected chi connectivity index (χ2v) is 4.30. The Hall–Kier alpha value is -1.88. The molecule has 0 radical (unpaired) electrons. The van der Waals surface area contributed by atoms with Gasteiger partial charge in [0.2, 0.25) is 11.8 Å². The number of nitrogens with one attached hydrogen (secondary N) is 2. The molecule has 0 aliphatic carbocycles. The van der Waals surface area contributed by atoms with E-state index in [2.05, 4.69) is 10.6 Å². The number of aryl methyl sites for hydroxylation is 1. The number of nitrogens with two attached hydrogens (primary N) is 1. The van der Waals surface area contributed by atoms with Gasteiger partial charge in [0.15, 0.2) is 0 Å². The zero-order valence-electron chi connectivity index (χ0n) is 11.2. The molecular weight excluding hydrogens is 242 g/mol. The van der Waals surface area contributed by atoms with Gasteiger partial charge in [0, 0.05) is 6.54 Å². The second kappa shape index (κ2) is 8.26. The molecule has 0 aliphatic rings. The molecule has 0 aromatic heterocycles. The van der Waals surface area contributed by atoms with Crippen LogP contribution in [0.4, 0.5) is 0 Å². The van der Waals surface area contributed by atoms with Crippen molar-refractivity contribution in [1.82, 2.24) is 10.6 Å². The van der Waals surface area contributed by atoms with Gasteiger partial charge in [-0.15, -0.1) is 0 Å². The number of hydrogen-bond acceptors (Lipinski definition) is 3. The van der Waals surface area contributed by atoms with E-state index in [9.17, 15) is 9.59 Å². The summed E-state index contributed by atoms with van der Waals surface area (Å²) in [5.74, 6) is -0.492. The fraction of sp³-hybridized carbons (Fsp3) is 0.429. The maximum atomic E-state index is 11.7. The van der Waals surface area contributed by atoms with E-state index >= 15 is 0 Å². The van der Waals surface area contributed by atoms with E-state index in [-0.39, 0.29) is 18.4 Å². The molecule has 104 valence electrons. The van der Waals surface area contributed by atoms with Gasteiger partial charge in [-0.3, -0.25) is 9.59 Å². The molecule has 2 amide bonds. The first-order valence-electron chi connectivity index (χ1n) is 6.47. The Morgan fingerprint density at radius 1 is 1.21 bits per heavy atom. The van der Waals surface area contributed by atoms with Gasteiger partial charge in [0.05, 0.1) is 12.6 Å². The maximum absolute atomic E-state index is 11.7. The van der Waals surface area contributed by atoms with Crippen molar-refractivity contribution in [3.05, 3.63) is 35.9 Å². The van der Waals surface area contributed by atoms with Crippen LogP contribution < -0.4 is 16.4 Å². The predicted octanol–water partition coefficient (Wildman–Crippen LogP) is 0.199. The molecule has 19 heavy (non-hydrogen) atoms. The summed E-state index contributed by atoms with van der Waals surface area (Å²) in [6.45, 7) is 2.35. The summed E-state index contributed by atoms with van der Waals surface area (Å²) in [5, 5.41) is 5.13. The van der Waals surface area contributed by atoms with Crippen LogP contribution in [-0.2, 0) is 16.0 Å². The fourth-order valence-corrected chi connectivity index (χ4v) is 1.66. The zero-order valence-corrected chi connectivity index (χ0v) is 11.2. The number of benzene rings is 1. The smallest absolute Gasteiger partial charge is 0.239 e. The Balaban J connectivity index is 2.27. The third-order valence-electron chi connectivity index (χ3n) is 2.72. The molecule has 0 bridgehead atoms. The minimum atomic E-state index is -0.588. The third-order valence-corrected chi connectivity index (χ3v) is 2.72. The molecule has 0 saturated carbocycles. The quantitative estimate of drug-likeness (QED) is 0.657. The molecule has 5 heteroatoms. The molecule has 1 aromatic rings. The van der Waals surface area contributed by atoms with Gasteiger partial charge in [0.1, 0.15) is 0 Å². The van der Waals surface area contributed by atoms with Crippen molar-refractivity contribution < 1.29 is 9.59 Å². The summed E-state index contributed by atoms with van der Waals surface area (Å²) in [7, 11) is 0. The van der Waals surface area contributed by atoms with Crippen LogP contribution >= 0.6 is 0 Å². The first-order chi connectivity index (χ1) is 9.13.